The molecule has 0 spiro atoms. The first-order valence-corrected chi connectivity index (χ1v) is 7.05. The SMILES string of the molecule is N[C@@H](Cc1ccccc1)C(=O)O.O=C[C@@H](O)[C@@H](O)[C@H](O)[C@H](O)CO. The van der Waals surface area contributed by atoms with Gasteiger partial charge in [-0.25, -0.2) is 0 Å². The molecule has 0 aliphatic heterocycles. The number of carboxylic acids is 1. The smallest absolute Gasteiger partial charge is 0.320 e. The zero-order valence-electron chi connectivity index (χ0n) is 12.8. The second-order valence-electron chi connectivity index (χ2n) is 4.99. The van der Waals surface area contributed by atoms with Gasteiger partial charge in [-0.2, -0.15) is 0 Å². The van der Waals surface area contributed by atoms with E-state index in [-0.39, 0.29) is 6.29 Å². The molecule has 8 N–H and O–H groups in total. The summed E-state index contributed by atoms with van der Waals surface area (Å²) in [5.74, 6) is -0.959. The van der Waals surface area contributed by atoms with Crippen molar-refractivity contribution < 1.29 is 40.2 Å². The molecule has 24 heavy (non-hydrogen) atoms. The predicted octanol–water partition coefficient (Wildman–Crippen LogP) is -2.74. The Balaban J connectivity index is 0.000000441. The Bertz CT molecular complexity index is 484. The van der Waals surface area contributed by atoms with E-state index in [9.17, 15) is 9.59 Å². The molecule has 0 unspecified atom stereocenters. The van der Waals surface area contributed by atoms with Crippen LogP contribution in [0.2, 0.25) is 0 Å². The monoisotopic (exact) mass is 345 g/mol. The number of carbonyl (C=O) groups excluding carboxylic acids is 1. The van der Waals surface area contributed by atoms with Gasteiger partial charge in [-0.05, 0) is 12.0 Å². The average molecular weight is 345 g/mol. The Hall–Kier alpha value is -1.88. The first-order valence-electron chi connectivity index (χ1n) is 7.05. The van der Waals surface area contributed by atoms with Crippen molar-refractivity contribution in [3.63, 3.8) is 0 Å². The highest BCUT2D eigenvalue weighted by atomic mass is 16.4. The second kappa shape index (κ2) is 11.6. The lowest BCUT2D eigenvalue weighted by Crippen LogP contribution is -2.46. The molecule has 1 rings (SSSR count). The van der Waals surface area contributed by atoms with Gasteiger partial charge in [-0.1, -0.05) is 30.3 Å². The molecule has 0 saturated heterocycles. The summed E-state index contributed by atoms with van der Waals surface area (Å²) in [6, 6.07) is 8.54. The highest BCUT2D eigenvalue weighted by Crippen LogP contribution is 2.03. The standard InChI is InChI=1S/C9H11NO2.C6H12O6/c10-8(9(11)12)6-7-4-2-1-3-5-7;7-1-3(9)5(11)6(12)4(10)2-8/h1-5,8H,6,10H2,(H,11,12);1,3-6,8-12H,2H2/t8-;3-,4-,5-,6-/m01/s1. The van der Waals surface area contributed by atoms with Gasteiger partial charge in [0.2, 0.25) is 0 Å². The summed E-state index contributed by atoms with van der Waals surface area (Å²) in [7, 11) is 0. The van der Waals surface area contributed by atoms with E-state index in [4.69, 9.17) is 36.4 Å². The lowest BCUT2D eigenvalue weighted by Gasteiger charge is -2.22. The van der Waals surface area contributed by atoms with Crippen molar-refractivity contribution in [1.82, 2.24) is 0 Å². The largest absolute Gasteiger partial charge is 0.480 e. The van der Waals surface area contributed by atoms with Crippen molar-refractivity contribution in [2.45, 2.75) is 36.9 Å². The number of aldehydes is 1. The number of carboxylic acid groups (broad SMARTS) is 1. The lowest BCUT2D eigenvalue weighted by atomic mass is 10.0. The van der Waals surface area contributed by atoms with Gasteiger partial charge < -0.3 is 41.2 Å². The van der Waals surface area contributed by atoms with E-state index in [1.165, 1.54) is 0 Å². The number of hydrogen-bond acceptors (Lipinski definition) is 8. The molecule has 0 aliphatic carbocycles. The van der Waals surface area contributed by atoms with E-state index >= 15 is 0 Å². The highest BCUT2D eigenvalue weighted by Gasteiger charge is 2.29. The number of rotatable bonds is 8. The van der Waals surface area contributed by atoms with Gasteiger partial charge in [-0.3, -0.25) is 4.79 Å². The minimum atomic E-state index is -1.79. The molecular weight excluding hydrogens is 322 g/mol. The van der Waals surface area contributed by atoms with Gasteiger partial charge in [0.05, 0.1) is 6.61 Å². The van der Waals surface area contributed by atoms with Crippen molar-refractivity contribution in [2.75, 3.05) is 6.61 Å². The van der Waals surface area contributed by atoms with Crippen LogP contribution < -0.4 is 5.73 Å². The van der Waals surface area contributed by atoms with Crippen LogP contribution in [0.3, 0.4) is 0 Å². The molecule has 0 saturated carbocycles. The Morgan fingerprint density at radius 1 is 1.08 bits per heavy atom. The van der Waals surface area contributed by atoms with E-state index in [0.717, 1.165) is 5.56 Å². The molecule has 0 aromatic heterocycles. The molecule has 1 aromatic rings. The first kappa shape index (κ1) is 22.1. The summed E-state index contributed by atoms with van der Waals surface area (Å²) in [5.41, 5.74) is 6.30. The number of nitrogens with two attached hydrogens (primary N) is 1. The summed E-state index contributed by atoms with van der Waals surface area (Å²) < 4.78 is 0. The van der Waals surface area contributed by atoms with Gasteiger partial charge in [0.1, 0.15) is 30.5 Å². The number of aliphatic hydroxyl groups excluding tert-OH is 5. The molecule has 9 heteroatoms. The van der Waals surface area contributed by atoms with Crippen LogP contribution >= 0.6 is 0 Å². The van der Waals surface area contributed by atoms with E-state index < -0.39 is 43.0 Å². The molecule has 0 aliphatic rings. The van der Waals surface area contributed by atoms with Crippen LogP contribution in [0.4, 0.5) is 0 Å². The van der Waals surface area contributed by atoms with Crippen LogP contribution in [0, 0.1) is 0 Å². The van der Waals surface area contributed by atoms with Crippen LogP contribution in [0.25, 0.3) is 0 Å². The molecular formula is C15H23NO8. The minimum Gasteiger partial charge on any atom is -0.480 e. The number of aliphatic carboxylic acids is 1. The fourth-order valence-corrected chi connectivity index (χ4v) is 1.57. The summed E-state index contributed by atoms with van der Waals surface area (Å²) in [6.45, 7) is -0.760. The Morgan fingerprint density at radius 3 is 2.04 bits per heavy atom. The van der Waals surface area contributed by atoms with Crippen molar-refractivity contribution in [1.29, 1.82) is 0 Å². The molecule has 0 heterocycles. The fraction of sp³-hybridized carbons (Fsp3) is 0.467. The first-order chi connectivity index (χ1) is 11.2. The zero-order valence-corrected chi connectivity index (χ0v) is 12.8. The van der Waals surface area contributed by atoms with Crippen LogP contribution in [0.1, 0.15) is 5.56 Å². The molecule has 0 amide bonds. The predicted molar refractivity (Wildman–Crippen MR) is 82.9 cm³/mol. The van der Waals surface area contributed by atoms with Crippen molar-refractivity contribution in [3.05, 3.63) is 35.9 Å². The van der Waals surface area contributed by atoms with Gasteiger partial charge >= 0.3 is 5.97 Å². The summed E-state index contributed by atoms with van der Waals surface area (Å²) >= 11 is 0. The molecule has 9 nitrogen and oxygen atoms in total. The van der Waals surface area contributed by atoms with Crippen molar-refractivity contribution in [2.24, 2.45) is 5.73 Å². The lowest BCUT2D eigenvalue weighted by molar-refractivity contribution is -0.138. The third kappa shape index (κ3) is 8.11. The van der Waals surface area contributed by atoms with Gasteiger partial charge in [-0.15, -0.1) is 0 Å². The quantitative estimate of drug-likeness (QED) is 0.246. The average Bonchev–Trinajstić information content (AvgIpc) is 2.60. The van der Waals surface area contributed by atoms with Crippen LogP contribution in [-0.2, 0) is 16.0 Å². The summed E-state index contributed by atoms with van der Waals surface area (Å²) in [5, 5.41) is 52.1. The maximum atomic E-state index is 10.4. The third-order valence-corrected chi connectivity index (χ3v) is 3.04. The molecule has 0 radical (unpaired) electrons. The molecule has 136 valence electrons. The number of aliphatic hydroxyl groups is 5. The van der Waals surface area contributed by atoms with Crippen LogP contribution in [-0.4, -0.2) is 80.0 Å². The van der Waals surface area contributed by atoms with Crippen LogP contribution in [0.15, 0.2) is 30.3 Å². The minimum absolute atomic E-state index is 0.0258. The zero-order chi connectivity index (χ0) is 18.7. The Labute approximate surface area is 138 Å². The van der Waals surface area contributed by atoms with Crippen LogP contribution in [0.5, 0.6) is 0 Å². The fourth-order valence-electron chi connectivity index (χ4n) is 1.57. The highest BCUT2D eigenvalue weighted by molar-refractivity contribution is 5.73. The molecule has 0 bridgehead atoms. The van der Waals surface area contributed by atoms with Gasteiger partial charge in [0.15, 0.2) is 6.29 Å². The van der Waals surface area contributed by atoms with Crippen molar-refractivity contribution in [3.8, 4) is 0 Å². The van der Waals surface area contributed by atoms with E-state index in [2.05, 4.69) is 0 Å². The maximum Gasteiger partial charge on any atom is 0.320 e. The number of carbonyl (C=O) groups is 2. The Kier molecular flexibility index (Phi) is 10.7. The van der Waals surface area contributed by atoms with Crippen molar-refractivity contribution >= 4 is 12.3 Å². The second-order valence-corrected chi connectivity index (χ2v) is 4.99. The summed E-state index contributed by atoms with van der Waals surface area (Å²) in [6.07, 6.45) is -6.45. The maximum absolute atomic E-state index is 10.4. The molecule has 0 fully saturated rings. The van der Waals surface area contributed by atoms with E-state index in [1.807, 2.05) is 30.3 Å². The topological polar surface area (TPSA) is 182 Å². The normalized spacial score (nSPS) is 16.8. The number of benzene rings is 1. The third-order valence-electron chi connectivity index (χ3n) is 3.04. The van der Waals surface area contributed by atoms with Gasteiger partial charge in [0, 0.05) is 0 Å². The molecule has 5 atom stereocenters. The molecule has 1 aromatic carbocycles. The Morgan fingerprint density at radius 2 is 1.62 bits per heavy atom. The van der Waals surface area contributed by atoms with E-state index in [0.29, 0.717) is 6.42 Å². The van der Waals surface area contributed by atoms with Gasteiger partial charge in [0.25, 0.3) is 0 Å². The number of hydrogen-bond donors (Lipinski definition) is 7. The van der Waals surface area contributed by atoms with E-state index in [1.54, 1.807) is 0 Å². The summed E-state index contributed by atoms with van der Waals surface area (Å²) in [4.78, 5) is 20.3.